The highest BCUT2D eigenvalue weighted by atomic mass is 79.9. The van der Waals surface area contributed by atoms with Gasteiger partial charge in [0.1, 0.15) is 0 Å². The molecular weight excluding hydrogens is 342 g/mol. The highest BCUT2D eigenvalue weighted by molar-refractivity contribution is 9.09. The van der Waals surface area contributed by atoms with Crippen LogP contribution in [-0.4, -0.2) is 13.1 Å². The lowest BCUT2D eigenvalue weighted by Crippen LogP contribution is -2.03. The smallest absolute Gasteiger partial charge is 0.337 e. The van der Waals surface area contributed by atoms with E-state index in [0.29, 0.717) is 5.56 Å². The van der Waals surface area contributed by atoms with Crippen LogP contribution in [-0.2, 0) is 9.57 Å². The summed E-state index contributed by atoms with van der Waals surface area (Å²) in [5.41, 5.74) is 2.82. The molecule has 0 aliphatic rings. The van der Waals surface area contributed by atoms with Crippen LogP contribution >= 0.6 is 15.9 Å². The van der Waals surface area contributed by atoms with Crippen molar-refractivity contribution in [3.8, 4) is 11.1 Å². The summed E-state index contributed by atoms with van der Waals surface area (Å²) < 4.78 is 31.0. The van der Waals surface area contributed by atoms with Crippen LogP contribution < -0.4 is 0 Å². The van der Waals surface area contributed by atoms with Crippen LogP contribution in [0.25, 0.3) is 11.1 Å². The van der Waals surface area contributed by atoms with Crippen molar-refractivity contribution in [1.29, 1.82) is 0 Å². The van der Waals surface area contributed by atoms with Gasteiger partial charge in [-0.15, -0.1) is 0 Å². The molecule has 110 valence electrons. The van der Waals surface area contributed by atoms with Crippen LogP contribution in [0, 0.1) is 6.92 Å². The standard InChI is InChI=1S/C16H13BrF2O2/c1-10-3-4-12(15(20)21-2)9-14(10)11-5-7-13(8-6-11)16(17,18)19/h3-9H,1-2H3. The number of methoxy groups -OCH3 is 1. The van der Waals surface area contributed by atoms with E-state index in [1.807, 2.05) is 6.92 Å². The summed E-state index contributed by atoms with van der Waals surface area (Å²) in [6, 6.07) is 11.1. The molecule has 0 aliphatic heterocycles. The number of carbonyl (C=O) groups is 1. The van der Waals surface area contributed by atoms with Gasteiger partial charge in [0.2, 0.25) is 0 Å². The Hall–Kier alpha value is -1.75. The number of esters is 1. The van der Waals surface area contributed by atoms with Gasteiger partial charge in [-0.2, -0.15) is 8.78 Å². The molecule has 2 aromatic carbocycles. The highest BCUT2D eigenvalue weighted by Gasteiger charge is 2.26. The maximum Gasteiger partial charge on any atom is 0.337 e. The van der Waals surface area contributed by atoms with Crippen LogP contribution in [0.2, 0.25) is 0 Å². The van der Waals surface area contributed by atoms with E-state index in [9.17, 15) is 13.6 Å². The van der Waals surface area contributed by atoms with Crippen molar-refractivity contribution in [2.24, 2.45) is 0 Å². The largest absolute Gasteiger partial charge is 0.465 e. The molecule has 0 atom stereocenters. The SMILES string of the molecule is COC(=O)c1ccc(C)c(-c2ccc(C(F)(F)Br)cc2)c1. The molecule has 0 amide bonds. The Labute approximate surface area is 129 Å². The molecule has 0 radical (unpaired) electrons. The van der Waals surface area contributed by atoms with E-state index in [2.05, 4.69) is 20.7 Å². The third-order valence-corrected chi connectivity index (χ3v) is 3.64. The Bertz CT molecular complexity index is 661. The van der Waals surface area contributed by atoms with Gasteiger partial charge in [-0.05, 0) is 51.7 Å². The normalized spacial score (nSPS) is 11.3. The lowest BCUT2D eigenvalue weighted by Gasteiger charge is -2.11. The summed E-state index contributed by atoms with van der Waals surface area (Å²) >= 11 is 2.33. The third-order valence-electron chi connectivity index (χ3n) is 3.18. The van der Waals surface area contributed by atoms with Gasteiger partial charge in [-0.25, -0.2) is 4.79 Å². The maximum atomic E-state index is 13.1. The number of benzene rings is 2. The second-order valence-corrected chi connectivity index (χ2v) is 5.59. The first-order chi connectivity index (χ1) is 9.82. The Morgan fingerprint density at radius 1 is 1.14 bits per heavy atom. The van der Waals surface area contributed by atoms with Gasteiger partial charge in [0.15, 0.2) is 0 Å². The van der Waals surface area contributed by atoms with Gasteiger partial charge in [0.25, 0.3) is 0 Å². The van der Waals surface area contributed by atoms with E-state index in [4.69, 9.17) is 0 Å². The molecular formula is C16H13BrF2O2. The third kappa shape index (κ3) is 3.47. The predicted octanol–water partition coefficient (Wildman–Crippen LogP) is 4.89. The molecule has 0 bridgehead atoms. The fourth-order valence-corrected chi connectivity index (χ4v) is 2.28. The molecule has 2 nitrogen and oxygen atoms in total. The predicted molar refractivity (Wildman–Crippen MR) is 80.8 cm³/mol. The van der Waals surface area contributed by atoms with Gasteiger partial charge in [0, 0.05) is 5.56 Å². The minimum absolute atomic E-state index is 0.118. The molecule has 21 heavy (non-hydrogen) atoms. The molecule has 5 heteroatoms. The highest BCUT2D eigenvalue weighted by Crippen LogP contribution is 2.35. The Balaban J connectivity index is 2.44. The number of hydrogen-bond acceptors (Lipinski definition) is 2. The summed E-state index contributed by atoms with van der Waals surface area (Å²) in [5.74, 6) is -0.431. The number of hydrogen-bond donors (Lipinski definition) is 0. The second kappa shape index (κ2) is 5.93. The van der Waals surface area contributed by atoms with Crippen molar-refractivity contribution >= 4 is 21.9 Å². The van der Waals surface area contributed by atoms with Crippen molar-refractivity contribution < 1.29 is 18.3 Å². The summed E-state index contributed by atoms with van der Waals surface area (Å²) in [6.45, 7) is 1.89. The number of alkyl halides is 3. The summed E-state index contributed by atoms with van der Waals surface area (Å²) in [7, 11) is 1.31. The van der Waals surface area contributed by atoms with E-state index < -0.39 is 10.8 Å². The average molecular weight is 355 g/mol. The number of ether oxygens (including phenoxy) is 1. The molecule has 0 aliphatic carbocycles. The second-order valence-electron chi connectivity index (χ2n) is 4.60. The molecule has 2 rings (SSSR count). The van der Waals surface area contributed by atoms with E-state index in [-0.39, 0.29) is 5.56 Å². The molecule has 0 spiro atoms. The van der Waals surface area contributed by atoms with E-state index in [1.165, 1.54) is 19.2 Å². The fourth-order valence-electron chi connectivity index (χ4n) is 2.02. The van der Waals surface area contributed by atoms with Crippen LogP contribution in [0.3, 0.4) is 0 Å². The van der Waals surface area contributed by atoms with Gasteiger partial charge in [-0.1, -0.05) is 30.3 Å². The molecule has 0 N–H and O–H groups in total. The Morgan fingerprint density at radius 3 is 2.29 bits per heavy atom. The zero-order valence-electron chi connectivity index (χ0n) is 11.5. The number of halogens is 3. The van der Waals surface area contributed by atoms with E-state index in [1.54, 1.807) is 30.3 Å². The molecule has 0 unspecified atom stereocenters. The zero-order chi connectivity index (χ0) is 15.6. The van der Waals surface area contributed by atoms with Crippen molar-refractivity contribution in [2.75, 3.05) is 7.11 Å². The Kier molecular flexibility index (Phi) is 4.42. The first-order valence-corrected chi connectivity index (χ1v) is 6.99. The van der Waals surface area contributed by atoms with Crippen molar-refractivity contribution in [1.82, 2.24) is 0 Å². The average Bonchev–Trinajstić information content (AvgIpc) is 2.46. The first-order valence-electron chi connectivity index (χ1n) is 6.19. The summed E-state index contributed by atoms with van der Waals surface area (Å²) in [4.78, 5) is 8.52. The van der Waals surface area contributed by atoms with E-state index in [0.717, 1.165) is 16.7 Å². The number of rotatable bonds is 3. The van der Waals surface area contributed by atoms with Crippen molar-refractivity contribution in [3.63, 3.8) is 0 Å². The van der Waals surface area contributed by atoms with Gasteiger partial charge in [-0.3, -0.25) is 0 Å². The van der Waals surface area contributed by atoms with Gasteiger partial charge < -0.3 is 4.74 Å². The van der Waals surface area contributed by atoms with Crippen LogP contribution in [0.15, 0.2) is 42.5 Å². The van der Waals surface area contributed by atoms with Crippen molar-refractivity contribution in [3.05, 3.63) is 59.2 Å². The molecule has 2 aromatic rings. The topological polar surface area (TPSA) is 26.3 Å². The van der Waals surface area contributed by atoms with E-state index >= 15 is 0 Å². The summed E-state index contributed by atoms with van der Waals surface area (Å²) in [6.07, 6.45) is 0. The van der Waals surface area contributed by atoms with Crippen molar-refractivity contribution in [2.45, 2.75) is 11.8 Å². The Morgan fingerprint density at radius 2 is 1.76 bits per heavy atom. The number of carbonyl (C=O) groups excluding carboxylic acids is 1. The minimum Gasteiger partial charge on any atom is -0.465 e. The lowest BCUT2D eigenvalue weighted by molar-refractivity contribution is 0.0600. The van der Waals surface area contributed by atoms with Crippen LogP contribution in [0.5, 0.6) is 0 Å². The monoisotopic (exact) mass is 354 g/mol. The summed E-state index contributed by atoms with van der Waals surface area (Å²) in [5, 5.41) is 0. The lowest BCUT2D eigenvalue weighted by atomic mass is 9.97. The minimum atomic E-state index is -3.05. The maximum absolute atomic E-state index is 13.1. The quantitative estimate of drug-likeness (QED) is 0.579. The molecule has 0 saturated heterocycles. The molecule has 0 saturated carbocycles. The first kappa shape index (κ1) is 15.6. The van der Waals surface area contributed by atoms with Gasteiger partial charge >= 0.3 is 10.8 Å². The van der Waals surface area contributed by atoms with Gasteiger partial charge in [0.05, 0.1) is 12.7 Å². The zero-order valence-corrected chi connectivity index (χ0v) is 13.1. The molecule has 0 heterocycles. The van der Waals surface area contributed by atoms with Crippen LogP contribution in [0.4, 0.5) is 8.78 Å². The van der Waals surface area contributed by atoms with Crippen LogP contribution in [0.1, 0.15) is 21.5 Å². The molecule has 0 fully saturated rings. The number of aryl methyl sites for hydroxylation is 1. The fraction of sp³-hybridized carbons (Fsp3) is 0.188. The molecule has 0 aromatic heterocycles.